The molecule has 43 heavy (non-hydrogen) atoms. The monoisotopic (exact) mass is 600 g/mol. The fraction of sp³-hybridized carbons (Fsp3) is 0.152. The first-order valence-electron chi connectivity index (χ1n) is 12.7. The smallest absolute Gasteiger partial charge is 0.429 e. The SMILES string of the molecule is CCCCOc1ccc(C#Cc2ccc(C#Cc3ccc(C(F)(F)Oc4cc(F)c(F)c(F)c4)c(F)c3)c(F)c2)c(F)c1. The lowest BCUT2D eigenvalue weighted by Crippen LogP contribution is -2.23. The third-order valence-corrected chi connectivity index (χ3v) is 5.85. The van der Waals surface area contributed by atoms with Gasteiger partial charge in [-0.1, -0.05) is 37.0 Å². The van der Waals surface area contributed by atoms with Crippen LogP contribution in [-0.2, 0) is 6.11 Å². The van der Waals surface area contributed by atoms with Gasteiger partial charge >= 0.3 is 6.11 Å². The summed E-state index contributed by atoms with van der Waals surface area (Å²) in [4.78, 5) is 0. The number of alkyl halides is 2. The highest BCUT2D eigenvalue weighted by molar-refractivity contribution is 5.49. The topological polar surface area (TPSA) is 18.5 Å². The number of benzene rings is 4. The minimum Gasteiger partial charge on any atom is -0.493 e. The molecule has 0 amide bonds. The van der Waals surface area contributed by atoms with Crippen molar-refractivity contribution in [3.8, 4) is 35.2 Å². The average Bonchev–Trinajstić information content (AvgIpc) is 2.94. The fourth-order valence-corrected chi connectivity index (χ4v) is 3.62. The highest BCUT2D eigenvalue weighted by Crippen LogP contribution is 2.34. The van der Waals surface area contributed by atoms with Crippen molar-refractivity contribution < 1.29 is 44.6 Å². The summed E-state index contributed by atoms with van der Waals surface area (Å²) in [7, 11) is 0. The van der Waals surface area contributed by atoms with Crippen LogP contribution in [0.4, 0.5) is 35.1 Å². The highest BCUT2D eigenvalue weighted by atomic mass is 19.3. The number of unbranched alkanes of at least 4 members (excludes halogenated alkanes) is 1. The maximum atomic E-state index is 14.6. The van der Waals surface area contributed by atoms with Crippen LogP contribution in [0.5, 0.6) is 11.5 Å². The van der Waals surface area contributed by atoms with Crippen molar-refractivity contribution in [3.05, 3.63) is 129 Å². The maximum Gasteiger partial charge on any atom is 0.429 e. The van der Waals surface area contributed by atoms with E-state index in [0.29, 0.717) is 24.5 Å². The van der Waals surface area contributed by atoms with Gasteiger partial charge in [0.15, 0.2) is 17.5 Å². The maximum absolute atomic E-state index is 14.6. The quantitative estimate of drug-likeness (QED) is 0.0916. The van der Waals surface area contributed by atoms with Crippen molar-refractivity contribution in [2.75, 3.05) is 6.61 Å². The van der Waals surface area contributed by atoms with Crippen LogP contribution >= 0.6 is 0 Å². The van der Waals surface area contributed by atoms with Gasteiger partial charge in [-0.15, -0.1) is 0 Å². The van der Waals surface area contributed by atoms with Crippen LogP contribution in [0.2, 0.25) is 0 Å². The summed E-state index contributed by atoms with van der Waals surface area (Å²) in [6.45, 7) is 2.47. The number of hydrogen-bond donors (Lipinski definition) is 0. The molecule has 0 N–H and O–H groups in total. The molecule has 0 saturated heterocycles. The van der Waals surface area contributed by atoms with E-state index < -0.39 is 52.3 Å². The normalized spacial score (nSPS) is 10.8. The molecule has 0 aliphatic heterocycles. The molecule has 4 aromatic carbocycles. The number of hydrogen-bond acceptors (Lipinski definition) is 2. The predicted octanol–water partition coefficient (Wildman–Crippen LogP) is 8.63. The molecule has 0 aliphatic carbocycles. The van der Waals surface area contributed by atoms with E-state index in [9.17, 15) is 35.1 Å². The van der Waals surface area contributed by atoms with E-state index in [1.807, 2.05) is 6.92 Å². The van der Waals surface area contributed by atoms with Gasteiger partial charge in [-0.05, 0) is 55.0 Å². The van der Waals surface area contributed by atoms with Gasteiger partial charge in [0.2, 0.25) is 0 Å². The molecular weight excluding hydrogens is 580 g/mol. The molecular formula is C33H20F8O2. The molecule has 10 heteroatoms. The molecule has 0 aliphatic rings. The van der Waals surface area contributed by atoms with Crippen molar-refractivity contribution in [1.29, 1.82) is 0 Å². The molecule has 0 aromatic heterocycles. The summed E-state index contributed by atoms with van der Waals surface area (Å²) in [6, 6.07) is 10.7. The van der Waals surface area contributed by atoms with Gasteiger partial charge in [0.25, 0.3) is 0 Å². The summed E-state index contributed by atoms with van der Waals surface area (Å²) < 4.78 is 122. The Labute approximate surface area is 241 Å². The van der Waals surface area contributed by atoms with Crippen LogP contribution in [0.1, 0.15) is 47.6 Å². The molecule has 0 unspecified atom stereocenters. The van der Waals surface area contributed by atoms with E-state index in [4.69, 9.17) is 4.74 Å². The summed E-state index contributed by atoms with van der Waals surface area (Å²) in [5.41, 5.74) is -1.18. The molecule has 4 aromatic rings. The van der Waals surface area contributed by atoms with Gasteiger partial charge in [-0.3, -0.25) is 0 Å². The lowest BCUT2D eigenvalue weighted by atomic mass is 10.1. The Balaban J connectivity index is 1.46. The molecule has 0 heterocycles. The van der Waals surface area contributed by atoms with Gasteiger partial charge < -0.3 is 9.47 Å². The molecule has 4 rings (SSSR count). The third-order valence-electron chi connectivity index (χ3n) is 5.85. The van der Waals surface area contributed by atoms with E-state index in [-0.39, 0.29) is 34.4 Å². The Morgan fingerprint density at radius 2 is 1.14 bits per heavy atom. The molecule has 220 valence electrons. The zero-order chi connectivity index (χ0) is 31.1. The summed E-state index contributed by atoms with van der Waals surface area (Å²) in [5.74, 6) is 1.23. The van der Waals surface area contributed by atoms with E-state index in [1.165, 1.54) is 24.3 Å². The van der Waals surface area contributed by atoms with Crippen LogP contribution in [0, 0.1) is 58.6 Å². The second kappa shape index (κ2) is 13.3. The Hall–Kier alpha value is -4.96. The Morgan fingerprint density at radius 3 is 1.70 bits per heavy atom. The second-order valence-corrected chi connectivity index (χ2v) is 9.05. The van der Waals surface area contributed by atoms with Crippen molar-refractivity contribution in [2.24, 2.45) is 0 Å². The lowest BCUT2D eigenvalue weighted by molar-refractivity contribution is -0.187. The second-order valence-electron chi connectivity index (χ2n) is 9.05. The van der Waals surface area contributed by atoms with Crippen LogP contribution in [0.25, 0.3) is 0 Å². The fourth-order valence-electron chi connectivity index (χ4n) is 3.62. The first kappa shape index (κ1) is 31.0. The number of rotatable bonds is 7. The van der Waals surface area contributed by atoms with Crippen LogP contribution in [0.15, 0.2) is 66.7 Å². The minimum atomic E-state index is -4.39. The van der Waals surface area contributed by atoms with Crippen molar-refractivity contribution in [3.63, 3.8) is 0 Å². The van der Waals surface area contributed by atoms with Crippen molar-refractivity contribution >= 4 is 0 Å². The van der Waals surface area contributed by atoms with Gasteiger partial charge in [0, 0.05) is 29.3 Å². The van der Waals surface area contributed by atoms with Gasteiger partial charge in [0.1, 0.15) is 34.5 Å². The van der Waals surface area contributed by atoms with Crippen molar-refractivity contribution in [2.45, 2.75) is 25.9 Å². The number of halogens is 8. The van der Waals surface area contributed by atoms with E-state index in [0.717, 1.165) is 25.0 Å². The summed E-state index contributed by atoms with van der Waals surface area (Å²) in [5, 5.41) is 0. The van der Waals surface area contributed by atoms with Gasteiger partial charge in [0.05, 0.1) is 17.7 Å². The first-order chi connectivity index (χ1) is 20.5. The Morgan fingerprint density at radius 1 is 0.605 bits per heavy atom. The lowest BCUT2D eigenvalue weighted by Gasteiger charge is -2.19. The van der Waals surface area contributed by atoms with Crippen LogP contribution in [0.3, 0.4) is 0 Å². The summed E-state index contributed by atoms with van der Waals surface area (Å²) >= 11 is 0. The van der Waals surface area contributed by atoms with E-state index in [2.05, 4.69) is 28.4 Å². The molecule has 0 fully saturated rings. The zero-order valence-corrected chi connectivity index (χ0v) is 22.3. The molecule has 0 radical (unpaired) electrons. The largest absolute Gasteiger partial charge is 0.493 e. The molecule has 0 saturated carbocycles. The standard InChI is InChI=1S/C33H20F8O2/c1-2-3-14-42-24-12-11-23(28(35)17-24)10-5-20-4-8-22(27(34)15-20)9-6-21-7-13-26(29(36)16-21)33(40,41)43-25-18-30(37)32(39)31(38)19-25/h4,7-8,11-13,15-19H,2-3,14H2,1H3. The van der Waals surface area contributed by atoms with E-state index >= 15 is 0 Å². The third kappa shape index (κ3) is 7.87. The number of ether oxygens (including phenoxy) is 2. The minimum absolute atomic E-state index is 0.0885. The van der Waals surface area contributed by atoms with Gasteiger partial charge in [-0.25, -0.2) is 26.3 Å². The Kier molecular flexibility index (Phi) is 9.62. The van der Waals surface area contributed by atoms with E-state index in [1.54, 1.807) is 6.07 Å². The zero-order valence-electron chi connectivity index (χ0n) is 22.3. The van der Waals surface area contributed by atoms with Gasteiger partial charge in [-0.2, -0.15) is 8.78 Å². The van der Waals surface area contributed by atoms with Crippen LogP contribution in [-0.4, -0.2) is 6.61 Å². The van der Waals surface area contributed by atoms with Crippen molar-refractivity contribution in [1.82, 2.24) is 0 Å². The highest BCUT2D eigenvalue weighted by Gasteiger charge is 2.38. The predicted molar refractivity (Wildman–Crippen MR) is 142 cm³/mol. The molecule has 2 nitrogen and oxygen atoms in total. The summed E-state index contributed by atoms with van der Waals surface area (Å²) in [6.07, 6.45) is -2.61. The molecule has 0 bridgehead atoms. The molecule has 0 atom stereocenters. The molecule has 0 spiro atoms. The van der Waals surface area contributed by atoms with Crippen LogP contribution < -0.4 is 9.47 Å². The first-order valence-corrected chi connectivity index (χ1v) is 12.7. The average molecular weight is 601 g/mol. The Bertz CT molecular complexity index is 1750.